The minimum Gasteiger partial charge on any atom is -0.370 e. The molecule has 1 heterocycles. The molecule has 0 saturated carbocycles. The van der Waals surface area contributed by atoms with Crippen LogP contribution in [0.15, 0.2) is 36.4 Å². The van der Waals surface area contributed by atoms with Crippen molar-refractivity contribution in [2.24, 2.45) is 0 Å². The Labute approximate surface area is 116 Å². The third-order valence-electron chi connectivity index (χ3n) is 2.45. The third kappa shape index (κ3) is 3.45. The van der Waals surface area contributed by atoms with E-state index in [2.05, 4.69) is 37.1 Å². The van der Waals surface area contributed by atoms with E-state index in [0.29, 0.717) is 0 Å². The molecule has 0 amide bonds. The SMILES string of the molecule is CC(C)(C)c1cc(-c2ccccc2)n[c-]n1.[Ir]. The Morgan fingerprint density at radius 3 is 2.24 bits per heavy atom. The Morgan fingerprint density at radius 1 is 1.00 bits per heavy atom. The van der Waals surface area contributed by atoms with Crippen LogP contribution in [0.2, 0.25) is 0 Å². The Kier molecular flexibility index (Phi) is 4.55. The Balaban J connectivity index is 0.00000144. The molecule has 0 aliphatic heterocycles. The van der Waals surface area contributed by atoms with Crippen molar-refractivity contribution in [3.05, 3.63) is 48.4 Å². The summed E-state index contributed by atoms with van der Waals surface area (Å²) in [7, 11) is 0. The molecule has 3 heteroatoms. The fourth-order valence-corrected chi connectivity index (χ4v) is 1.47. The van der Waals surface area contributed by atoms with E-state index in [1.807, 2.05) is 36.4 Å². The Bertz CT molecular complexity index is 475. The van der Waals surface area contributed by atoms with Gasteiger partial charge in [0.2, 0.25) is 0 Å². The summed E-state index contributed by atoms with van der Waals surface area (Å²) in [5.74, 6) is 0. The van der Waals surface area contributed by atoms with Gasteiger partial charge in [0, 0.05) is 26.4 Å². The van der Waals surface area contributed by atoms with Crippen LogP contribution in [0.5, 0.6) is 0 Å². The number of rotatable bonds is 1. The fourth-order valence-electron chi connectivity index (χ4n) is 1.47. The van der Waals surface area contributed by atoms with Crippen LogP contribution >= 0.6 is 0 Å². The van der Waals surface area contributed by atoms with Crippen LogP contribution in [0.4, 0.5) is 0 Å². The molecule has 0 unspecified atom stereocenters. The van der Waals surface area contributed by atoms with Crippen molar-refractivity contribution < 1.29 is 20.1 Å². The zero-order chi connectivity index (χ0) is 11.6. The first kappa shape index (κ1) is 14.0. The van der Waals surface area contributed by atoms with Crippen LogP contribution < -0.4 is 0 Å². The zero-order valence-electron chi connectivity index (χ0n) is 10.2. The van der Waals surface area contributed by atoms with Crippen molar-refractivity contribution in [3.63, 3.8) is 0 Å². The molecule has 0 N–H and O–H groups in total. The second-order valence-electron chi connectivity index (χ2n) is 4.85. The van der Waals surface area contributed by atoms with Gasteiger partial charge in [-0.15, -0.1) is 6.07 Å². The fraction of sp³-hybridized carbons (Fsp3) is 0.286. The predicted molar refractivity (Wildman–Crippen MR) is 65.0 cm³/mol. The van der Waals surface area contributed by atoms with Gasteiger partial charge >= 0.3 is 0 Å². The second-order valence-corrected chi connectivity index (χ2v) is 4.85. The van der Waals surface area contributed by atoms with E-state index in [1.54, 1.807) is 0 Å². The van der Waals surface area contributed by atoms with Gasteiger partial charge in [-0.25, -0.2) is 0 Å². The molecule has 1 aromatic carbocycles. The van der Waals surface area contributed by atoms with Gasteiger partial charge < -0.3 is 9.97 Å². The topological polar surface area (TPSA) is 25.8 Å². The second kappa shape index (κ2) is 5.52. The molecule has 0 spiro atoms. The smallest absolute Gasteiger partial charge is 0.0222 e. The van der Waals surface area contributed by atoms with Crippen molar-refractivity contribution in [2.45, 2.75) is 26.2 Å². The number of benzene rings is 1. The largest absolute Gasteiger partial charge is 0.370 e. The van der Waals surface area contributed by atoms with Gasteiger partial charge in [0.1, 0.15) is 0 Å². The van der Waals surface area contributed by atoms with Gasteiger partial charge in [-0.3, -0.25) is 0 Å². The summed E-state index contributed by atoms with van der Waals surface area (Å²) in [5, 5.41) is 0. The standard InChI is InChI=1S/C14H15N2.Ir/c1-14(2,3)13-9-12(15-10-16-13)11-7-5-4-6-8-11;/h4-9H,1-3H3;/q-1;. The molecule has 91 valence electrons. The van der Waals surface area contributed by atoms with Gasteiger partial charge in [0.05, 0.1) is 0 Å². The number of hydrogen-bond donors (Lipinski definition) is 0. The summed E-state index contributed by atoms with van der Waals surface area (Å²) < 4.78 is 0. The van der Waals surface area contributed by atoms with Gasteiger partial charge in [0.25, 0.3) is 0 Å². The molecule has 0 saturated heterocycles. The number of hydrogen-bond acceptors (Lipinski definition) is 2. The van der Waals surface area contributed by atoms with E-state index in [4.69, 9.17) is 0 Å². The first-order valence-electron chi connectivity index (χ1n) is 5.38. The van der Waals surface area contributed by atoms with E-state index >= 15 is 0 Å². The van der Waals surface area contributed by atoms with Crippen molar-refractivity contribution in [1.29, 1.82) is 0 Å². The Hall–Kier alpha value is -1.05. The maximum Gasteiger partial charge on any atom is 0.0222 e. The zero-order valence-corrected chi connectivity index (χ0v) is 12.6. The van der Waals surface area contributed by atoms with Crippen LogP contribution in [0, 0.1) is 6.33 Å². The Morgan fingerprint density at radius 2 is 1.65 bits per heavy atom. The van der Waals surface area contributed by atoms with Crippen LogP contribution in [-0.4, -0.2) is 9.97 Å². The molecule has 17 heavy (non-hydrogen) atoms. The van der Waals surface area contributed by atoms with E-state index < -0.39 is 0 Å². The molecule has 0 fully saturated rings. The maximum atomic E-state index is 4.20. The van der Waals surface area contributed by atoms with Gasteiger partial charge in [-0.2, -0.15) is 0 Å². The van der Waals surface area contributed by atoms with Crippen molar-refractivity contribution in [1.82, 2.24) is 9.97 Å². The molecule has 0 bridgehead atoms. The molecule has 0 aliphatic carbocycles. The molecule has 2 rings (SSSR count). The summed E-state index contributed by atoms with van der Waals surface area (Å²) in [4.78, 5) is 8.39. The van der Waals surface area contributed by atoms with Crippen LogP contribution in [-0.2, 0) is 25.5 Å². The third-order valence-corrected chi connectivity index (χ3v) is 2.45. The minimum atomic E-state index is 0. The number of aromatic nitrogens is 2. The average Bonchev–Trinajstić information content (AvgIpc) is 2.29. The summed E-state index contributed by atoms with van der Waals surface area (Å²) in [6.45, 7) is 6.41. The molecule has 2 nitrogen and oxygen atoms in total. The van der Waals surface area contributed by atoms with E-state index in [0.717, 1.165) is 17.0 Å². The molecular formula is C14H15IrN2-. The van der Waals surface area contributed by atoms with Crippen LogP contribution in [0.3, 0.4) is 0 Å². The quantitative estimate of drug-likeness (QED) is 0.684. The van der Waals surface area contributed by atoms with Crippen molar-refractivity contribution in [2.75, 3.05) is 0 Å². The molecular weight excluding hydrogens is 388 g/mol. The molecule has 1 radical (unpaired) electrons. The molecule has 1 aromatic heterocycles. The first-order valence-corrected chi connectivity index (χ1v) is 5.38. The molecule has 0 aliphatic rings. The van der Waals surface area contributed by atoms with E-state index in [1.165, 1.54) is 0 Å². The summed E-state index contributed by atoms with van der Waals surface area (Å²) >= 11 is 0. The van der Waals surface area contributed by atoms with Crippen molar-refractivity contribution in [3.8, 4) is 11.3 Å². The predicted octanol–water partition coefficient (Wildman–Crippen LogP) is 3.24. The van der Waals surface area contributed by atoms with E-state index in [-0.39, 0.29) is 25.5 Å². The van der Waals surface area contributed by atoms with Gasteiger partial charge in [-0.1, -0.05) is 62.4 Å². The minimum absolute atomic E-state index is 0. The molecule has 2 aromatic rings. The normalized spacial score (nSPS) is 10.8. The van der Waals surface area contributed by atoms with Crippen LogP contribution in [0.25, 0.3) is 11.3 Å². The van der Waals surface area contributed by atoms with Gasteiger partial charge in [0.15, 0.2) is 0 Å². The maximum absolute atomic E-state index is 4.20. The summed E-state index contributed by atoms with van der Waals surface area (Å²) in [6.07, 6.45) is 2.73. The van der Waals surface area contributed by atoms with Crippen LogP contribution in [0.1, 0.15) is 26.5 Å². The van der Waals surface area contributed by atoms with E-state index in [9.17, 15) is 0 Å². The molecule has 0 atom stereocenters. The van der Waals surface area contributed by atoms with Crippen molar-refractivity contribution >= 4 is 0 Å². The number of nitrogens with zero attached hydrogens (tertiary/aromatic N) is 2. The monoisotopic (exact) mass is 404 g/mol. The van der Waals surface area contributed by atoms with Gasteiger partial charge in [-0.05, 0) is 11.1 Å². The summed E-state index contributed by atoms with van der Waals surface area (Å²) in [5.41, 5.74) is 3.08. The first-order chi connectivity index (χ1) is 7.57. The average molecular weight is 404 g/mol. The summed E-state index contributed by atoms with van der Waals surface area (Å²) in [6, 6.07) is 12.1.